The van der Waals surface area contributed by atoms with E-state index < -0.39 is 18.2 Å². The third-order valence-corrected chi connectivity index (χ3v) is 3.10. The van der Waals surface area contributed by atoms with E-state index in [9.17, 15) is 14.7 Å². The number of hydrogen-bond donors (Lipinski definition) is 2. The summed E-state index contributed by atoms with van der Waals surface area (Å²) in [6.45, 7) is 4.09. The van der Waals surface area contributed by atoms with Crippen molar-refractivity contribution in [2.24, 2.45) is 5.92 Å². The molecule has 15 heavy (non-hydrogen) atoms. The molecule has 0 bridgehead atoms. The number of aliphatic hydroxyl groups excluding tert-OH is 1. The largest absolute Gasteiger partial charge is 0.391 e. The van der Waals surface area contributed by atoms with Crippen LogP contribution in [-0.4, -0.2) is 46.6 Å². The predicted molar refractivity (Wildman–Crippen MR) is 52.9 cm³/mol. The number of amides is 2. The number of carbonyl (C=O) groups excluding carboxylic acids is 2. The van der Waals surface area contributed by atoms with Crippen molar-refractivity contribution in [3.05, 3.63) is 0 Å². The molecule has 2 saturated heterocycles. The first kappa shape index (κ1) is 10.4. The van der Waals surface area contributed by atoms with E-state index in [4.69, 9.17) is 0 Å². The standard InChI is InChI=1S/C10H16N2O3/c1-5(2)8-10(15)12-4-6(13)3-7(12)9(14)11-8/h5-8,13H,3-4H2,1-2H3,(H,11,14)/t6-,7-,8-/m0/s1. The van der Waals surface area contributed by atoms with Crippen molar-refractivity contribution in [1.29, 1.82) is 0 Å². The van der Waals surface area contributed by atoms with E-state index in [2.05, 4.69) is 5.32 Å². The van der Waals surface area contributed by atoms with E-state index in [0.717, 1.165) is 0 Å². The summed E-state index contributed by atoms with van der Waals surface area (Å²) in [5.74, 6) is -0.115. The smallest absolute Gasteiger partial charge is 0.246 e. The molecule has 2 aliphatic heterocycles. The van der Waals surface area contributed by atoms with Gasteiger partial charge in [0.25, 0.3) is 0 Å². The Hall–Kier alpha value is -1.10. The number of fused-ring (bicyclic) bond motifs is 1. The first-order valence-electron chi connectivity index (χ1n) is 5.29. The van der Waals surface area contributed by atoms with E-state index >= 15 is 0 Å². The SMILES string of the molecule is CC(C)[C@@H]1NC(=O)[C@@H]2C[C@H](O)CN2C1=O. The number of rotatable bonds is 1. The first-order valence-corrected chi connectivity index (χ1v) is 5.29. The summed E-state index contributed by atoms with van der Waals surface area (Å²) in [6, 6.07) is -0.887. The summed E-state index contributed by atoms with van der Waals surface area (Å²) in [4.78, 5) is 25.1. The summed E-state index contributed by atoms with van der Waals surface area (Å²) in [7, 11) is 0. The number of piperazine rings is 1. The number of carbonyl (C=O) groups is 2. The van der Waals surface area contributed by atoms with Crippen LogP contribution in [0.5, 0.6) is 0 Å². The molecule has 5 nitrogen and oxygen atoms in total. The highest BCUT2D eigenvalue weighted by Gasteiger charge is 2.46. The Morgan fingerprint density at radius 1 is 1.47 bits per heavy atom. The van der Waals surface area contributed by atoms with Crippen LogP contribution in [-0.2, 0) is 9.59 Å². The van der Waals surface area contributed by atoms with Gasteiger partial charge in [-0.1, -0.05) is 13.8 Å². The van der Waals surface area contributed by atoms with E-state index in [-0.39, 0.29) is 17.7 Å². The molecule has 2 heterocycles. The average molecular weight is 212 g/mol. The molecule has 0 aliphatic carbocycles. The normalized spacial score (nSPS) is 35.7. The van der Waals surface area contributed by atoms with Crippen LogP contribution in [0.25, 0.3) is 0 Å². The predicted octanol–water partition coefficient (Wildman–Crippen LogP) is -0.897. The van der Waals surface area contributed by atoms with Gasteiger partial charge in [-0.2, -0.15) is 0 Å². The van der Waals surface area contributed by atoms with Gasteiger partial charge in [-0.15, -0.1) is 0 Å². The fourth-order valence-electron chi connectivity index (χ4n) is 2.25. The lowest BCUT2D eigenvalue weighted by Gasteiger charge is -2.36. The van der Waals surface area contributed by atoms with Crippen molar-refractivity contribution in [2.45, 2.75) is 38.5 Å². The summed E-state index contributed by atoms with van der Waals surface area (Å²) in [5.41, 5.74) is 0. The molecule has 0 unspecified atom stereocenters. The second-order valence-electron chi connectivity index (χ2n) is 4.63. The molecule has 2 rings (SSSR count). The van der Waals surface area contributed by atoms with Crippen LogP contribution in [0.15, 0.2) is 0 Å². The zero-order chi connectivity index (χ0) is 11.2. The molecule has 0 spiro atoms. The number of nitrogens with zero attached hydrogens (tertiary/aromatic N) is 1. The molecule has 2 aliphatic rings. The van der Waals surface area contributed by atoms with Crippen LogP contribution in [0, 0.1) is 5.92 Å². The Morgan fingerprint density at radius 3 is 2.73 bits per heavy atom. The van der Waals surface area contributed by atoms with Crippen LogP contribution in [0.4, 0.5) is 0 Å². The fraction of sp³-hybridized carbons (Fsp3) is 0.800. The maximum Gasteiger partial charge on any atom is 0.246 e. The molecule has 0 aromatic heterocycles. The van der Waals surface area contributed by atoms with Crippen LogP contribution >= 0.6 is 0 Å². The van der Waals surface area contributed by atoms with Crippen molar-refractivity contribution >= 4 is 11.8 Å². The third-order valence-electron chi connectivity index (χ3n) is 3.10. The molecule has 2 amide bonds. The van der Waals surface area contributed by atoms with Gasteiger partial charge in [-0.25, -0.2) is 0 Å². The Balaban J connectivity index is 2.21. The lowest BCUT2D eigenvalue weighted by atomic mass is 9.99. The highest BCUT2D eigenvalue weighted by molar-refractivity contribution is 5.97. The summed E-state index contributed by atoms with van der Waals surface area (Å²) in [6.07, 6.45) is -0.196. The lowest BCUT2D eigenvalue weighted by Crippen LogP contribution is -2.62. The van der Waals surface area contributed by atoms with Crippen LogP contribution in [0.2, 0.25) is 0 Å². The van der Waals surface area contributed by atoms with Crippen molar-refractivity contribution in [3.8, 4) is 0 Å². The Kier molecular flexibility index (Phi) is 2.42. The van der Waals surface area contributed by atoms with Crippen LogP contribution < -0.4 is 5.32 Å². The summed E-state index contributed by atoms with van der Waals surface area (Å²) >= 11 is 0. The molecule has 0 radical (unpaired) electrons. The number of aliphatic hydroxyl groups is 1. The Morgan fingerprint density at radius 2 is 2.13 bits per heavy atom. The molecular formula is C10H16N2O3. The Labute approximate surface area is 88.4 Å². The van der Waals surface area contributed by atoms with Gasteiger partial charge in [0, 0.05) is 13.0 Å². The van der Waals surface area contributed by atoms with Crippen LogP contribution in [0.3, 0.4) is 0 Å². The van der Waals surface area contributed by atoms with Gasteiger partial charge in [-0.05, 0) is 5.92 Å². The topological polar surface area (TPSA) is 69.6 Å². The maximum absolute atomic E-state index is 11.9. The second kappa shape index (κ2) is 3.48. The van der Waals surface area contributed by atoms with E-state index in [1.165, 1.54) is 4.90 Å². The molecule has 5 heteroatoms. The van der Waals surface area contributed by atoms with Gasteiger partial charge >= 0.3 is 0 Å². The van der Waals surface area contributed by atoms with Crippen molar-refractivity contribution in [3.63, 3.8) is 0 Å². The van der Waals surface area contributed by atoms with Gasteiger partial charge < -0.3 is 15.3 Å². The Bertz CT molecular complexity index is 303. The van der Waals surface area contributed by atoms with Gasteiger partial charge in [-0.3, -0.25) is 9.59 Å². The van der Waals surface area contributed by atoms with Crippen molar-refractivity contribution in [1.82, 2.24) is 10.2 Å². The third kappa shape index (κ3) is 1.61. The zero-order valence-corrected chi connectivity index (χ0v) is 8.93. The summed E-state index contributed by atoms with van der Waals surface area (Å²) in [5, 5.41) is 12.2. The van der Waals surface area contributed by atoms with Crippen LogP contribution in [0.1, 0.15) is 20.3 Å². The molecule has 3 atom stereocenters. The van der Waals surface area contributed by atoms with E-state index in [1.54, 1.807) is 0 Å². The van der Waals surface area contributed by atoms with E-state index in [1.807, 2.05) is 13.8 Å². The van der Waals surface area contributed by atoms with E-state index in [0.29, 0.717) is 13.0 Å². The second-order valence-corrected chi connectivity index (χ2v) is 4.63. The minimum Gasteiger partial charge on any atom is -0.391 e. The number of hydrogen-bond acceptors (Lipinski definition) is 3. The zero-order valence-electron chi connectivity index (χ0n) is 8.93. The number of nitrogens with one attached hydrogen (secondary N) is 1. The highest BCUT2D eigenvalue weighted by Crippen LogP contribution is 2.24. The molecular weight excluding hydrogens is 196 g/mol. The van der Waals surface area contributed by atoms with Crippen molar-refractivity contribution in [2.75, 3.05) is 6.54 Å². The molecule has 0 saturated carbocycles. The van der Waals surface area contributed by atoms with Gasteiger partial charge in [0.1, 0.15) is 12.1 Å². The molecule has 0 aromatic carbocycles. The minimum atomic E-state index is -0.560. The van der Waals surface area contributed by atoms with Gasteiger partial charge in [0.2, 0.25) is 11.8 Å². The highest BCUT2D eigenvalue weighted by atomic mass is 16.3. The monoisotopic (exact) mass is 212 g/mol. The molecule has 84 valence electrons. The minimum absolute atomic E-state index is 0.0637. The van der Waals surface area contributed by atoms with Gasteiger partial charge in [0.15, 0.2) is 0 Å². The summed E-state index contributed by atoms with van der Waals surface area (Å²) < 4.78 is 0. The first-order chi connectivity index (χ1) is 7.00. The molecule has 0 aromatic rings. The quantitative estimate of drug-likeness (QED) is 0.592. The maximum atomic E-state index is 11.9. The lowest BCUT2D eigenvalue weighted by molar-refractivity contribution is -0.148. The van der Waals surface area contributed by atoms with Gasteiger partial charge in [0.05, 0.1) is 6.10 Å². The average Bonchev–Trinajstić information content (AvgIpc) is 2.53. The molecule has 2 fully saturated rings. The molecule has 2 N–H and O–H groups in total. The van der Waals surface area contributed by atoms with Crippen molar-refractivity contribution < 1.29 is 14.7 Å². The fourth-order valence-corrected chi connectivity index (χ4v) is 2.25.